The third-order valence-electron chi connectivity index (χ3n) is 1.76. The zero-order valence-electron chi connectivity index (χ0n) is 7.01. The van der Waals surface area contributed by atoms with Crippen LogP contribution in [0.4, 0.5) is 5.69 Å². The summed E-state index contributed by atoms with van der Waals surface area (Å²) in [6, 6.07) is 5.86. The molecule has 4 N–H and O–H groups in total. The van der Waals surface area contributed by atoms with E-state index in [-0.39, 0.29) is 18.3 Å². The summed E-state index contributed by atoms with van der Waals surface area (Å²) in [5, 5.41) is 10.4. The van der Waals surface area contributed by atoms with Gasteiger partial charge >= 0.3 is 0 Å². The first-order valence-electron chi connectivity index (χ1n) is 3.85. The molecule has 0 fully saturated rings. The molecule has 70 valence electrons. The van der Waals surface area contributed by atoms with E-state index in [2.05, 4.69) is 0 Å². The first-order valence-corrected chi connectivity index (χ1v) is 3.85. The Balaban J connectivity index is 2.98. The molecule has 0 radical (unpaired) electrons. The third-order valence-corrected chi connectivity index (χ3v) is 1.76. The van der Waals surface area contributed by atoms with Crippen molar-refractivity contribution in [3.63, 3.8) is 0 Å². The molecule has 0 aliphatic carbocycles. The summed E-state index contributed by atoms with van der Waals surface area (Å²) in [6.07, 6.45) is 0. The normalized spacial score (nSPS) is 12.5. The van der Waals surface area contributed by atoms with Gasteiger partial charge in [0.2, 0.25) is 0 Å². The van der Waals surface area contributed by atoms with Crippen LogP contribution < -0.4 is 11.5 Å². The molecule has 0 bridgehead atoms. The van der Waals surface area contributed by atoms with Gasteiger partial charge in [0.05, 0.1) is 4.92 Å². The van der Waals surface area contributed by atoms with Crippen LogP contribution in [-0.4, -0.2) is 11.5 Å². The van der Waals surface area contributed by atoms with Crippen molar-refractivity contribution in [3.8, 4) is 0 Å². The molecule has 0 aromatic heterocycles. The number of nitro benzene ring substituents is 1. The number of nitro groups is 1. The van der Waals surface area contributed by atoms with Gasteiger partial charge in [-0.3, -0.25) is 10.1 Å². The van der Waals surface area contributed by atoms with Gasteiger partial charge < -0.3 is 11.5 Å². The van der Waals surface area contributed by atoms with Crippen LogP contribution in [0.2, 0.25) is 0 Å². The minimum absolute atomic E-state index is 0.0430. The minimum Gasteiger partial charge on any atom is -0.329 e. The van der Waals surface area contributed by atoms with E-state index < -0.39 is 4.92 Å². The minimum atomic E-state index is -0.452. The Bertz CT molecular complexity index is 314. The Kier molecular flexibility index (Phi) is 2.94. The fraction of sp³-hybridized carbons (Fsp3) is 0.250. The molecule has 0 heterocycles. The molecule has 0 aliphatic heterocycles. The Morgan fingerprint density at radius 1 is 1.54 bits per heavy atom. The van der Waals surface area contributed by atoms with E-state index in [1.54, 1.807) is 12.1 Å². The predicted molar refractivity (Wildman–Crippen MR) is 49.1 cm³/mol. The van der Waals surface area contributed by atoms with Crippen LogP contribution in [-0.2, 0) is 0 Å². The zero-order valence-corrected chi connectivity index (χ0v) is 7.01. The van der Waals surface area contributed by atoms with Gasteiger partial charge in [-0.1, -0.05) is 12.1 Å². The lowest BCUT2D eigenvalue weighted by Gasteiger charge is -2.07. The fourth-order valence-corrected chi connectivity index (χ4v) is 1.01. The van der Waals surface area contributed by atoms with Crippen molar-refractivity contribution in [2.75, 3.05) is 6.54 Å². The first-order chi connectivity index (χ1) is 6.15. The van der Waals surface area contributed by atoms with Crippen molar-refractivity contribution < 1.29 is 4.92 Å². The summed E-state index contributed by atoms with van der Waals surface area (Å²) in [4.78, 5) is 9.95. The predicted octanol–water partition coefficient (Wildman–Crippen LogP) is 0.553. The molecule has 0 aliphatic rings. The molecule has 1 aromatic carbocycles. The van der Waals surface area contributed by atoms with Crippen molar-refractivity contribution in [3.05, 3.63) is 39.9 Å². The molecular formula is C8H11N3O2. The summed E-state index contributed by atoms with van der Waals surface area (Å²) in [6.45, 7) is 0.279. The van der Waals surface area contributed by atoms with Crippen LogP contribution in [0.5, 0.6) is 0 Å². The second-order valence-electron chi connectivity index (χ2n) is 2.69. The molecule has 0 spiro atoms. The van der Waals surface area contributed by atoms with Crippen LogP contribution in [0.1, 0.15) is 11.6 Å². The highest BCUT2D eigenvalue weighted by atomic mass is 16.6. The molecule has 1 aromatic rings. The largest absolute Gasteiger partial charge is 0.329 e. The van der Waals surface area contributed by atoms with Crippen LogP contribution in [0.15, 0.2) is 24.3 Å². The van der Waals surface area contributed by atoms with Crippen LogP contribution in [0, 0.1) is 10.1 Å². The quantitative estimate of drug-likeness (QED) is 0.525. The molecule has 1 rings (SSSR count). The fourth-order valence-electron chi connectivity index (χ4n) is 1.01. The van der Waals surface area contributed by atoms with Crippen LogP contribution in [0.25, 0.3) is 0 Å². The van der Waals surface area contributed by atoms with Gasteiger partial charge in [0.1, 0.15) is 0 Å². The first kappa shape index (κ1) is 9.63. The molecule has 0 saturated carbocycles. The van der Waals surface area contributed by atoms with Gasteiger partial charge in [0, 0.05) is 24.7 Å². The average molecular weight is 181 g/mol. The van der Waals surface area contributed by atoms with Crippen molar-refractivity contribution in [1.29, 1.82) is 0 Å². The van der Waals surface area contributed by atoms with Gasteiger partial charge in [-0.15, -0.1) is 0 Å². The van der Waals surface area contributed by atoms with Gasteiger partial charge in [0.15, 0.2) is 0 Å². The smallest absolute Gasteiger partial charge is 0.269 e. The maximum Gasteiger partial charge on any atom is 0.269 e. The summed E-state index contributed by atoms with van der Waals surface area (Å²) in [7, 11) is 0. The molecule has 5 nitrogen and oxygen atoms in total. The van der Waals surface area contributed by atoms with Crippen molar-refractivity contribution >= 4 is 5.69 Å². The molecule has 0 saturated heterocycles. The lowest BCUT2D eigenvalue weighted by Crippen LogP contribution is -2.20. The third kappa shape index (κ3) is 2.24. The Morgan fingerprint density at radius 3 is 2.77 bits per heavy atom. The highest BCUT2D eigenvalue weighted by Crippen LogP contribution is 2.16. The van der Waals surface area contributed by atoms with Crippen molar-refractivity contribution in [1.82, 2.24) is 0 Å². The monoisotopic (exact) mass is 181 g/mol. The number of hydrogen-bond acceptors (Lipinski definition) is 4. The molecular weight excluding hydrogens is 170 g/mol. The van der Waals surface area contributed by atoms with Crippen molar-refractivity contribution in [2.45, 2.75) is 6.04 Å². The van der Waals surface area contributed by atoms with Crippen molar-refractivity contribution in [2.24, 2.45) is 11.5 Å². The van der Waals surface area contributed by atoms with E-state index in [1.807, 2.05) is 0 Å². The Hall–Kier alpha value is -1.46. The lowest BCUT2D eigenvalue weighted by molar-refractivity contribution is -0.384. The average Bonchev–Trinajstić information content (AvgIpc) is 2.17. The zero-order chi connectivity index (χ0) is 9.84. The Labute approximate surface area is 75.5 Å². The van der Waals surface area contributed by atoms with Gasteiger partial charge in [-0.2, -0.15) is 0 Å². The topological polar surface area (TPSA) is 95.2 Å². The highest BCUT2D eigenvalue weighted by Gasteiger charge is 2.09. The molecule has 5 heteroatoms. The standard InChI is InChI=1S/C8H11N3O2/c9-5-8(10)6-2-1-3-7(4-6)11(12)13/h1-4,8H,5,9-10H2/t8-/m0/s1. The summed E-state index contributed by atoms with van der Waals surface area (Å²) >= 11 is 0. The summed E-state index contributed by atoms with van der Waals surface area (Å²) < 4.78 is 0. The molecule has 0 unspecified atom stereocenters. The SMILES string of the molecule is NC[C@H](N)c1cccc([N+](=O)[O-])c1. The number of benzene rings is 1. The van der Waals surface area contributed by atoms with E-state index >= 15 is 0 Å². The number of nitrogens with two attached hydrogens (primary N) is 2. The van der Waals surface area contributed by atoms with E-state index in [4.69, 9.17) is 11.5 Å². The number of non-ortho nitro benzene ring substituents is 1. The number of nitrogens with zero attached hydrogens (tertiary/aromatic N) is 1. The Morgan fingerprint density at radius 2 is 2.23 bits per heavy atom. The lowest BCUT2D eigenvalue weighted by atomic mass is 10.1. The number of hydrogen-bond donors (Lipinski definition) is 2. The second kappa shape index (κ2) is 3.97. The van der Waals surface area contributed by atoms with E-state index in [1.165, 1.54) is 12.1 Å². The molecule has 1 atom stereocenters. The maximum absolute atomic E-state index is 10.4. The highest BCUT2D eigenvalue weighted by molar-refractivity contribution is 5.35. The molecule has 13 heavy (non-hydrogen) atoms. The number of rotatable bonds is 3. The van der Waals surface area contributed by atoms with Crippen LogP contribution >= 0.6 is 0 Å². The van der Waals surface area contributed by atoms with E-state index in [9.17, 15) is 10.1 Å². The summed E-state index contributed by atoms with van der Waals surface area (Å²) in [5.41, 5.74) is 11.7. The van der Waals surface area contributed by atoms with E-state index in [0.717, 1.165) is 0 Å². The van der Waals surface area contributed by atoms with Gasteiger partial charge in [-0.25, -0.2) is 0 Å². The van der Waals surface area contributed by atoms with Crippen LogP contribution in [0.3, 0.4) is 0 Å². The summed E-state index contributed by atoms with van der Waals surface area (Å²) in [5.74, 6) is 0. The van der Waals surface area contributed by atoms with Gasteiger partial charge in [0.25, 0.3) is 5.69 Å². The molecule has 0 amide bonds. The second-order valence-corrected chi connectivity index (χ2v) is 2.69. The van der Waals surface area contributed by atoms with Gasteiger partial charge in [-0.05, 0) is 5.56 Å². The maximum atomic E-state index is 10.4. The van der Waals surface area contributed by atoms with E-state index in [0.29, 0.717) is 5.56 Å².